The van der Waals surface area contributed by atoms with E-state index >= 15 is 0 Å². The van der Waals surface area contributed by atoms with Crippen molar-refractivity contribution in [2.45, 2.75) is 24.7 Å². The van der Waals surface area contributed by atoms with Crippen LogP contribution in [0.1, 0.15) is 47.2 Å². The van der Waals surface area contributed by atoms with E-state index in [4.69, 9.17) is 0 Å². The van der Waals surface area contributed by atoms with Crippen LogP contribution in [0.5, 0.6) is 0 Å². The van der Waals surface area contributed by atoms with Gasteiger partial charge in [-0.05, 0) is 0 Å². The van der Waals surface area contributed by atoms with Crippen molar-refractivity contribution in [3.63, 3.8) is 0 Å². The minimum atomic E-state index is -0.505. The van der Waals surface area contributed by atoms with Crippen LogP contribution >= 0.6 is 0 Å². The first-order valence-electron chi connectivity index (χ1n) is 21.7. The molecular formula is C60H41NSe. The average Bonchev–Trinajstić information content (AvgIpc) is 3.94. The van der Waals surface area contributed by atoms with E-state index in [1.165, 1.54) is 102 Å². The normalized spacial score (nSPS) is 14.2. The Morgan fingerprint density at radius 1 is 0.403 bits per heavy atom. The van der Waals surface area contributed by atoms with Gasteiger partial charge in [0.2, 0.25) is 0 Å². The molecule has 0 saturated heterocycles. The summed E-state index contributed by atoms with van der Waals surface area (Å²) < 4.78 is 2.96. The molecule has 292 valence electrons. The number of nitrogens with zero attached hydrogens (tertiary/aromatic N) is 1. The molecule has 2 aliphatic rings. The van der Waals surface area contributed by atoms with Gasteiger partial charge in [0.05, 0.1) is 0 Å². The molecule has 13 rings (SSSR count). The molecule has 10 aromatic carbocycles. The molecule has 0 spiro atoms. The zero-order chi connectivity index (χ0) is 41.2. The van der Waals surface area contributed by atoms with E-state index in [9.17, 15) is 0 Å². The molecule has 62 heavy (non-hydrogen) atoms. The van der Waals surface area contributed by atoms with Crippen LogP contribution in [0.4, 0.5) is 17.1 Å². The Balaban J connectivity index is 1.13. The third kappa shape index (κ3) is 4.85. The van der Waals surface area contributed by atoms with E-state index < -0.39 is 5.41 Å². The topological polar surface area (TPSA) is 3.24 Å². The third-order valence-electron chi connectivity index (χ3n) is 14.1. The Morgan fingerprint density at radius 3 is 1.81 bits per heavy atom. The molecule has 1 heterocycles. The molecule has 0 fully saturated rings. The third-order valence-corrected chi connectivity index (χ3v) is 16.6. The van der Waals surface area contributed by atoms with Gasteiger partial charge in [-0.1, -0.05) is 48.5 Å². The van der Waals surface area contributed by atoms with Gasteiger partial charge in [-0.2, -0.15) is 0 Å². The molecule has 1 nitrogen and oxygen atoms in total. The summed E-state index contributed by atoms with van der Waals surface area (Å²) in [6, 6.07) is 80.2. The fourth-order valence-electron chi connectivity index (χ4n) is 11.4. The predicted molar refractivity (Wildman–Crippen MR) is 263 cm³/mol. The Hall–Kier alpha value is -6.96. The minimum absolute atomic E-state index is 0.147. The average molecular weight is 855 g/mol. The fraction of sp³-hybridized carbons (Fsp3) is 0.0667. The standard InChI is InChI=1S/C60H41NSe/c1-59(2)50-23-12-9-20-44(50)45-35-33-43(37-53(45)59)61(42-32-30-38-28-29-39-31-34-47-46-21-11-14-27-55(46)62-58(47)56(39)49(38)36-42)54-26-15-25-52-57(54)48-22-10-13-24-51(48)60(52,40-16-5-3-6-17-40)41-18-7-4-8-19-41/h3-37H,1-2H3. The van der Waals surface area contributed by atoms with Crippen molar-refractivity contribution >= 4 is 72.4 Å². The number of fused-ring (bicyclic) bond motifs is 13. The quantitative estimate of drug-likeness (QED) is 0.123. The van der Waals surface area contributed by atoms with Crippen LogP contribution in [0, 0.1) is 0 Å². The molecule has 2 heteroatoms. The number of rotatable bonds is 5. The van der Waals surface area contributed by atoms with Crippen LogP contribution in [-0.2, 0) is 10.8 Å². The Labute approximate surface area is 367 Å². The molecule has 0 amide bonds. The molecule has 0 saturated carbocycles. The van der Waals surface area contributed by atoms with Gasteiger partial charge in [-0.3, -0.25) is 0 Å². The molecule has 2 aliphatic carbocycles. The summed E-state index contributed by atoms with van der Waals surface area (Å²) in [7, 11) is 0. The van der Waals surface area contributed by atoms with Gasteiger partial charge in [0, 0.05) is 0 Å². The van der Waals surface area contributed by atoms with Crippen molar-refractivity contribution in [1.82, 2.24) is 0 Å². The van der Waals surface area contributed by atoms with Crippen molar-refractivity contribution in [1.29, 1.82) is 0 Å². The monoisotopic (exact) mass is 855 g/mol. The van der Waals surface area contributed by atoms with Gasteiger partial charge >= 0.3 is 321 Å². The van der Waals surface area contributed by atoms with Crippen molar-refractivity contribution in [2.75, 3.05) is 4.90 Å². The molecule has 0 N–H and O–H groups in total. The summed E-state index contributed by atoms with van der Waals surface area (Å²) in [4.78, 5) is 2.57. The maximum atomic E-state index is 2.57. The molecule has 11 aromatic rings. The number of anilines is 3. The fourth-order valence-corrected chi connectivity index (χ4v) is 14.0. The van der Waals surface area contributed by atoms with Crippen LogP contribution in [0.3, 0.4) is 0 Å². The number of hydrogen-bond acceptors (Lipinski definition) is 1. The summed E-state index contributed by atoms with van der Waals surface area (Å²) in [5.41, 5.74) is 16.0. The summed E-state index contributed by atoms with van der Waals surface area (Å²) in [6.07, 6.45) is 0. The maximum absolute atomic E-state index is 2.57. The second kappa shape index (κ2) is 13.3. The predicted octanol–water partition coefficient (Wildman–Crippen LogP) is 15.5. The van der Waals surface area contributed by atoms with Gasteiger partial charge < -0.3 is 0 Å². The SMILES string of the molecule is CC1(C)c2ccccc2-c2ccc(N(c3ccc4ccc5ccc6c7ccccc7[se]c6c5c4c3)c3cccc4c3-c3ccccc3C4(c3ccccc3)c3ccccc3)cc21. The molecule has 0 aliphatic heterocycles. The van der Waals surface area contributed by atoms with Gasteiger partial charge in [0.15, 0.2) is 0 Å². The molecule has 0 bridgehead atoms. The Kier molecular flexibility index (Phi) is 7.65. The zero-order valence-electron chi connectivity index (χ0n) is 34.6. The first-order chi connectivity index (χ1) is 30.5. The first-order valence-corrected chi connectivity index (χ1v) is 23.4. The summed E-state index contributed by atoms with van der Waals surface area (Å²) >= 11 is 0.220. The molecular weight excluding hydrogens is 814 g/mol. The zero-order valence-corrected chi connectivity index (χ0v) is 36.3. The van der Waals surface area contributed by atoms with E-state index in [1.54, 1.807) is 0 Å². The van der Waals surface area contributed by atoms with E-state index in [2.05, 4.69) is 231 Å². The van der Waals surface area contributed by atoms with E-state index in [0.717, 1.165) is 11.4 Å². The number of benzene rings is 10. The molecule has 1 aromatic heterocycles. The van der Waals surface area contributed by atoms with Crippen LogP contribution < -0.4 is 4.90 Å². The molecule has 0 unspecified atom stereocenters. The summed E-state index contributed by atoms with van der Waals surface area (Å²) in [5.74, 6) is 0. The molecule has 0 atom stereocenters. The second-order valence-corrected chi connectivity index (χ2v) is 19.8. The van der Waals surface area contributed by atoms with Gasteiger partial charge in [-0.25, -0.2) is 0 Å². The summed E-state index contributed by atoms with van der Waals surface area (Å²) in [5, 5.41) is 8.04. The van der Waals surface area contributed by atoms with Crippen LogP contribution in [0.25, 0.3) is 63.1 Å². The van der Waals surface area contributed by atoms with E-state index in [0.29, 0.717) is 0 Å². The van der Waals surface area contributed by atoms with Crippen LogP contribution in [-0.4, -0.2) is 14.5 Å². The summed E-state index contributed by atoms with van der Waals surface area (Å²) in [6.45, 7) is 4.78. The Bertz CT molecular complexity index is 3570. The van der Waals surface area contributed by atoms with Crippen molar-refractivity contribution < 1.29 is 0 Å². The van der Waals surface area contributed by atoms with Gasteiger partial charge in [0.25, 0.3) is 0 Å². The number of hydrogen-bond donors (Lipinski definition) is 0. The van der Waals surface area contributed by atoms with Crippen molar-refractivity contribution in [3.05, 3.63) is 246 Å². The Morgan fingerprint density at radius 2 is 1.00 bits per heavy atom. The van der Waals surface area contributed by atoms with Crippen molar-refractivity contribution in [3.8, 4) is 22.3 Å². The first kappa shape index (κ1) is 35.8. The van der Waals surface area contributed by atoms with E-state index in [-0.39, 0.29) is 19.9 Å². The van der Waals surface area contributed by atoms with Crippen LogP contribution in [0.2, 0.25) is 0 Å². The van der Waals surface area contributed by atoms with Gasteiger partial charge in [0.1, 0.15) is 0 Å². The van der Waals surface area contributed by atoms with Crippen molar-refractivity contribution in [2.24, 2.45) is 0 Å². The molecule has 0 radical (unpaired) electrons. The second-order valence-electron chi connectivity index (χ2n) is 17.6. The van der Waals surface area contributed by atoms with Crippen LogP contribution in [0.15, 0.2) is 212 Å². The van der Waals surface area contributed by atoms with Gasteiger partial charge in [-0.15, -0.1) is 0 Å². The van der Waals surface area contributed by atoms with E-state index in [1.807, 2.05) is 0 Å².